The van der Waals surface area contributed by atoms with Crippen molar-refractivity contribution in [1.29, 1.82) is 0 Å². The fourth-order valence-corrected chi connectivity index (χ4v) is 6.52. The SMILES string of the molecule is CN1CCCCN(S(=O)(=O)c2c(F)cccc2F)[C@@H]2CCCC[C@@H]2Oc2ccccc2C1=O. The van der Waals surface area contributed by atoms with E-state index in [4.69, 9.17) is 4.74 Å². The van der Waals surface area contributed by atoms with Crippen LogP contribution in [0.15, 0.2) is 47.4 Å². The van der Waals surface area contributed by atoms with E-state index >= 15 is 0 Å². The van der Waals surface area contributed by atoms with Crippen LogP contribution in [0.5, 0.6) is 5.75 Å². The Balaban J connectivity index is 1.78. The second-order valence-electron chi connectivity index (χ2n) is 8.60. The van der Waals surface area contributed by atoms with Crippen molar-refractivity contribution < 1.29 is 26.7 Å². The Kier molecular flexibility index (Phi) is 6.99. The van der Waals surface area contributed by atoms with Gasteiger partial charge in [-0.05, 0) is 56.4 Å². The molecule has 178 valence electrons. The highest BCUT2D eigenvalue weighted by Crippen LogP contribution is 2.34. The van der Waals surface area contributed by atoms with Crippen molar-refractivity contribution in [2.24, 2.45) is 0 Å². The van der Waals surface area contributed by atoms with Gasteiger partial charge in [-0.2, -0.15) is 4.31 Å². The fraction of sp³-hybridized carbons (Fsp3) is 0.458. The molecular formula is C24H28F2N2O4S. The molecule has 2 aromatic carbocycles. The minimum Gasteiger partial charge on any atom is -0.488 e. The maximum absolute atomic E-state index is 14.5. The van der Waals surface area contributed by atoms with Gasteiger partial charge < -0.3 is 9.64 Å². The quantitative estimate of drug-likeness (QED) is 0.649. The molecule has 0 unspecified atom stereocenters. The maximum Gasteiger partial charge on any atom is 0.257 e. The average molecular weight is 479 g/mol. The molecule has 0 saturated heterocycles. The Labute approximate surface area is 193 Å². The van der Waals surface area contributed by atoms with Gasteiger partial charge in [0, 0.05) is 20.1 Å². The molecule has 1 aliphatic carbocycles. The Morgan fingerprint density at radius 3 is 2.33 bits per heavy atom. The van der Waals surface area contributed by atoms with Gasteiger partial charge in [-0.1, -0.05) is 24.6 Å². The minimum absolute atomic E-state index is 0.0876. The highest BCUT2D eigenvalue weighted by molar-refractivity contribution is 7.89. The molecule has 2 aromatic rings. The van der Waals surface area contributed by atoms with Gasteiger partial charge >= 0.3 is 0 Å². The molecule has 0 radical (unpaired) electrons. The number of carbonyl (C=O) groups is 1. The first-order valence-corrected chi connectivity index (χ1v) is 12.7. The molecule has 1 amide bonds. The van der Waals surface area contributed by atoms with E-state index in [0.29, 0.717) is 43.5 Å². The standard InChI is InChI=1S/C24H28F2N2O4S/c1-27-15-6-7-16-28(33(30,31)23-18(25)10-8-11-19(23)26)20-12-3-5-14-22(20)32-21-13-4-2-9-17(21)24(27)29/h2,4,8-11,13,20,22H,3,5-7,12,14-16H2,1H3/t20-,22+/m1/s1. The van der Waals surface area contributed by atoms with E-state index in [0.717, 1.165) is 31.0 Å². The van der Waals surface area contributed by atoms with Crippen LogP contribution < -0.4 is 4.74 Å². The molecule has 1 fully saturated rings. The molecule has 0 aromatic heterocycles. The number of hydrogen-bond donors (Lipinski definition) is 0. The Morgan fingerprint density at radius 1 is 0.909 bits per heavy atom. The summed E-state index contributed by atoms with van der Waals surface area (Å²) in [6, 6.07) is 9.39. The molecular weight excluding hydrogens is 450 g/mol. The van der Waals surface area contributed by atoms with Crippen molar-refractivity contribution >= 4 is 15.9 Å². The predicted octanol–water partition coefficient (Wildman–Crippen LogP) is 4.21. The van der Waals surface area contributed by atoms with E-state index in [9.17, 15) is 22.0 Å². The Bertz CT molecular complexity index is 1100. The lowest BCUT2D eigenvalue weighted by Crippen LogP contribution is -2.51. The van der Waals surface area contributed by atoms with Crippen molar-refractivity contribution in [1.82, 2.24) is 9.21 Å². The summed E-state index contributed by atoms with van der Waals surface area (Å²) in [5, 5.41) is 0. The third-order valence-corrected chi connectivity index (χ3v) is 8.36. The zero-order chi connectivity index (χ0) is 23.6. The monoisotopic (exact) mass is 478 g/mol. The number of para-hydroxylation sites is 1. The summed E-state index contributed by atoms with van der Waals surface area (Å²) in [5.41, 5.74) is 0.416. The van der Waals surface area contributed by atoms with Crippen LogP contribution >= 0.6 is 0 Å². The van der Waals surface area contributed by atoms with E-state index in [1.807, 2.05) is 0 Å². The van der Waals surface area contributed by atoms with Crippen LogP contribution in [0.1, 0.15) is 48.9 Å². The number of fused-ring (bicyclic) bond motifs is 2. The first-order chi connectivity index (χ1) is 15.8. The molecule has 1 aliphatic heterocycles. The second kappa shape index (κ2) is 9.77. The molecule has 0 bridgehead atoms. The number of halogens is 2. The predicted molar refractivity (Wildman–Crippen MR) is 120 cm³/mol. The second-order valence-corrected chi connectivity index (χ2v) is 10.4. The van der Waals surface area contributed by atoms with Gasteiger partial charge in [0.05, 0.1) is 11.6 Å². The number of amides is 1. The Morgan fingerprint density at radius 2 is 1.58 bits per heavy atom. The largest absolute Gasteiger partial charge is 0.488 e. The van der Waals surface area contributed by atoms with Crippen LogP contribution in [-0.4, -0.2) is 55.8 Å². The smallest absolute Gasteiger partial charge is 0.257 e. The van der Waals surface area contributed by atoms with Crippen LogP contribution in [0.4, 0.5) is 8.78 Å². The number of rotatable bonds is 2. The molecule has 1 saturated carbocycles. The first-order valence-electron chi connectivity index (χ1n) is 11.3. The normalized spacial score (nSPS) is 23.0. The first kappa shape index (κ1) is 23.6. The highest BCUT2D eigenvalue weighted by Gasteiger charge is 2.41. The van der Waals surface area contributed by atoms with Gasteiger partial charge in [-0.15, -0.1) is 0 Å². The summed E-state index contributed by atoms with van der Waals surface area (Å²) in [6.07, 6.45) is 3.15. The summed E-state index contributed by atoms with van der Waals surface area (Å²) in [7, 11) is -2.77. The van der Waals surface area contributed by atoms with Crippen molar-refractivity contribution in [3.8, 4) is 5.75 Å². The lowest BCUT2D eigenvalue weighted by molar-refractivity contribution is 0.0656. The highest BCUT2D eigenvalue weighted by atomic mass is 32.2. The fourth-order valence-electron chi connectivity index (χ4n) is 4.69. The number of carbonyl (C=O) groups excluding carboxylic acids is 1. The summed E-state index contributed by atoms with van der Waals surface area (Å²) >= 11 is 0. The summed E-state index contributed by atoms with van der Waals surface area (Å²) in [4.78, 5) is 13.6. The van der Waals surface area contributed by atoms with E-state index in [1.165, 1.54) is 4.31 Å². The zero-order valence-corrected chi connectivity index (χ0v) is 19.4. The minimum atomic E-state index is -4.46. The van der Waals surface area contributed by atoms with Crippen molar-refractivity contribution in [3.05, 3.63) is 59.7 Å². The lowest BCUT2D eigenvalue weighted by atomic mass is 9.92. The van der Waals surface area contributed by atoms with E-state index < -0.39 is 38.7 Å². The van der Waals surface area contributed by atoms with Gasteiger partial charge in [-0.3, -0.25) is 4.79 Å². The number of hydrogen-bond acceptors (Lipinski definition) is 4. The van der Waals surface area contributed by atoms with Gasteiger partial charge in [0.25, 0.3) is 5.91 Å². The topological polar surface area (TPSA) is 66.9 Å². The van der Waals surface area contributed by atoms with E-state index in [2.05, 4.69) is 0 Å². The molecule has 2 atom stereocenters. The number of sulfonamides is 1. The van der Waals surface area contributed by atoms with E-state index in [1.54, 1.807) is 36.2 Å². The maximum atomic E-state index is 14.5. The number of ether oxygens (including phenoxy) is 1. The molecule has 2 aliphatic rings. The van der Waals surface area contributed by atoms with Crippen LogP contribution in [0.3, 0.4) is 0 Å². The Hall–Kier alpha value is -2.52. The third-order valence-electron chi connectivity index (χ3n) is 6.39. The lowest BCUT2D eigenvalue weighted by Gasteiger charge is -2.39. The molecule has 1 heterocycles. The van der Waals surface area contributed by atoms with Crippen LogP contribution in [0, 0.1) is 11.6 Å². The summed E-state index contributed by atoms with van der Waals surface area (Å²) in [5.74, 6) is -1.98. The van der Waals surface area contributed by atoms with Gasteiger partial charge in [0.1, 0.15) is 23.5 Å². The number of nitrogens with zero attached hydrogens (tertiary/aromatic N) is 2. The molecule has 33 heavy (non-hydrogen) atoms. The third kappa shape index (κ3) is 4.75. The summed E-state index contributed by atoms with van der Waals surface area (Å²) < 4.78 is 63.8. The van der Waals surface area contributed by atoms with E-state index in [-0.39, 0.29) is 12.5 Å². The molecule has 4 rings (SSSR count). The van der Waals surface area contributed by atoms with Gasteiger partial charge in [-0.25, -0.2) is 17.2 Å². The van der Waals surface area contributed by atoms with Crippen LogP contribution in [0.2, 0.25) is 0 Å². The molecule has 9 heteroatoms. The summed E-state index contributed by atoms with van der Waals surface area (Å²) in [6.45, 7) is 0.507. The number of benzene rings is 2. The van der Waals surface area contributed by atoms with Crippen LogP contribution in [0.25, 0.3) is 0 Å². The molecule has 0 spiro atoms. The molecule has 0 N–H and O–H groups in total. The van der Waals surface area contributed by atoms with Gasteiger partial charge in [0.15, 0.2) is 4.90 Å². The van der Waals surface area contributed by atoms with Crippen molar-refractivity contribution in [3.63, 3.8) is 0 Å². The van der Waals surface area contributed by atoms with Crippen molar-refractivity contribution in [2.45, 2.75) is 55.6 Å². The van der Waals surface area contributed by atoms with Crippen molar-refractivity contribution in [2.75, 3.05) is 20.1 Å². The van der Waals surface area contributed by atoms with Crippen LogP contribution in [-0.2, 0) is 10.0 Å². The van der Waals surface area contributed by atoms with Gasteiger partial charge in [0.2, 0.25) is 10.0 Å². The molecule has 6 nitrogen and oxygen atoms in total. The zero-order valence-electron chi connectivity index (χ0n) is 18.5. The average Bonchev–Trinajstić information content (AvgIpc) is 2.78.